The molecule has 4 heteroatoms. The summed E-state index contributed by atoms with van der Waals surface area (Å²) in [6.07, 6.45) is 3.78. The van der Waals surface area contributed by atoms with E-state index in [-0.39, 0.29) is 20.1 Å². The monoisotopic (exact) mass is 909 g/mol. The predicted octanol–water partition coefficient (Wildman–Crippen LogP) is 14.3. The normalized spacial score (nSPS) is 11.1. The first-order chi connectivity index (χ1) is 27.3. The van der Waals surface area contributed by atoms with Crippen molar-refractivity contribution < 1.29 is 20.1 Å². The second kappa shape index (κ2) is 15.5. The van der Waals surface area contributed by atoms with Crippen LogP contribution in [0.4, 0.5) is 0 Å². The maximum atomic E-state index is 4.78. The van der Waals surface area contributed by atoms with Gasteiger partial charge < -0.3 is 9.97 Å². The zero-order valence-corrected chi connectivity index (χ0v) is 33.3. The molecule has 0 bridgehead atoms. The Hall–Kier alpha value is -6.29. The Kier molecular flexibility index (Phi) is 9.77. The summed E-state index contributed by atoms with van der Waals surface area (Å²) >= 11 is 1.83. The molecule has 0 atom stereocenters. The van der Waals surface area contributed by atoms with Crippen molar-refractivity contribution in [3.63, 3.8) is 0 Å². The van der Waals surface area contributed by atoms with Gasteiger partial charge in [-0.15, -0.1) is 53.6 Å². The minimum Gasteiger partial charge on any atom is -0.305 e. The van der Waals surface area contributed by atoms with Gasteiger partial charge in [0.1, 0.15) is 0 Å². The van der Waals surface area contributed by atoms with E-state index in [0.29, 0.717) is 0 Å². The van der Waals surface area contributed by atoms with Gasteiger partial charge in [-0.25, -0.2) is 0 Å². The van der Waals surface area contributed by atoms with Gasteiger partial charge in [0.05, 0.1) is 0 Å². The molecule has 0 unspecified atom stereocenters. The summed E-state index contributed by atoms with van der Waals surface area (Å²) in [6, 6.07) is 70.5. The second-order valence-corrected chi connectivity index (χ2v) is 14.7. The minimum atomic E-state index is 0. The SMILES string of the molecule is [Ir].[c-]1cc(-c2ccccc2)ccc1-c1cc(-c2ccccc2)ccn1.[c-]1cc2c(cc1-c1nccc3c1ccc1c4ccccc4ccc31)sc1ccccc12. The van der Waals surface area contributed by atoms with Gasteiger partial charge in [-0.3, -0.25) is 0 Å². The average molecular weight is 909 g/mol. The Morgan fingerprint density at radius 1 is 0.375 bits per heavy atom. The van der Waals surface area contributed by atoms with Crippen molar-refractivity contribution in [2.24, 2.45) is 0 Å². The van der Waals surface area contributed by atoms with Gasteiger partial charge in [-0.05, 0) is 83.1 Å². The van der Waals surface area contributed by atoms with Crippen molar-refractivity contribution in [3.8, 4) is 44.8 Å². The summed E-state index contributed by atoms with van der Waals surface area (Å²) < 4.78 is 2.59. The molecule has 0 amide bonds. The van der Waals surface area contributed by atoms with Crippen molar-refractivity contribution in [1.29, 1.82) is 0 Å². The van der Waals surface area contributed by atoms with E-state index in [1.54, 1.807) is 0 Å². The van der Waals surface area contributed by atoms with Gasteiger partial charge in [0.2, 0.25) is 0 Å². The van der Waals surface area contributed by atoms with Crippen LogP contribution in [-0.2, 0) is 20.1 Å². The summed E-state index contributed by atoms with van der Waals surface area (Å²) in [5.41, 5.74) is 8.72. The molecule has 0 aliphatic rings. The van der Waals surface area contributed by atoms with Gasteiger partial charge in [-0.1, -0.05) is 150 Å². The Bertz CT molecular complexity index is 3140. The topological polar surface area (TPSA) is 25.8 Å². The van der Waals surface area contributed by atoms with Crippen LogP contribution < -0.4 is 0 Å². The van der Waals surface area contributed by atoms with E-state index in [4.69, 9.17) is 4.98 Å². The number of fused-ring (bicyclic) bond motifs is 8. The van der Waals surface area contributed by atoms with Crippen LogP contribution in [0.3, 0.4) is 0 Å². The first-order valence-corrected chi connectivity index (χ1v) is 19.2. The average Bonchev–Trinajstić information content (AvgIpc) is 3.65. The Balaban J connectivity index is 0.000000149. The van der Waals surface area contributed by atoms with Gasteiger partial charge in [0.15, 0.2) is 0 Å². The summed E-state index contributed by atoms with van der Waals surface area (Å²) in [5.74, 6) is 0. The zero-order chi connectivity index (χ0) is 36.6. The molecule has 0 saturated carbocycles. The number of pyridine rings is 2. The van der Waals surface area contributed by atoms with E-state index >= 15 is 0 Å². The van der Waals surface area contributed by atoms with Crippen LogP contribution in [0.25, 0.3) is 97.3 Å². The summed E-state index contributed by atoms with van der Waals surface area (Å²) in [7, 11) is 0. The van der Waals surface area contributed by atoms with Crippen LogP contribution >= 0.6 is 11.3 Å². The summed E-state index contributed by atoms with van der Waals surface area (Å²) in [6.45, 7) is 0. The van der Waals surface area contributed by atoms with Crippen LogP contribution in [-0.4, -0.2) is 9.97 Å². The molecule has 267 valence electrons. The largest absolute Gasteiger partial charge is 0.305 e. The van der Waals surface area contributed by atoms with Gasteiger partial charge >= 0.3 is 0 Å². The maximum absolute atomic E-state index is 4.78. The standard InChI is InChI=1S/C29H16NS.C23H16N.Ir/c1-2-6-20-18(5-1)9-11-22-21(20)13-14-26-23(22)15-16-30-29(26)19-10-12-25-24-7-3-4-8-27(24)31-28(25)17-19;1-3-7-18(8-4-1)20-11-13-21(14-12-20)23-17-22(15-16-24-23)19-9-5-2-6-10-19;/h1-9,11-17H;1-13,15-17H;/q2*-1;. The molecular weight excluding hydrogens is 877 g/mol. The minimum absolute atomic E-state index is 0. The third-order valence-electron chi connectivity index (χ3n) is 10.3. The second-order valence-electron chi connectivity index (χ2n) is 13.6. The molecular formula is C52H32IrN2S-2. The van der Waals surface area contributed by atoms with Crippen molar-refractivity contribution in [3.05, 3.63) is 207 Å². The van der Waals surface area contributed by atoms with Crippen molar-refractivity contribution in [2.45, 2.75) is 0 Å². The van der Waals surface area contributed by atoms with E-state index in [0.717, 1.165) is 22.5 Å². The van der Waals surface area contributed by atoms with E-state index in [1.807, 2.05) is 60.1 Å². The van der Waals surface area contributed by atoms with Crippen LogP contribution in [0, 0.1) is 12.1 Å². The fourth-order valence-electron chi connectivity index (χ4n) is 7.55. The molecule has 11 aromatic rings. The van der Waals surface area contributed by atoms with E-state index in [1.165, 1.54) is 74.7 Å². The number of thiophene rings is 1. The molecule has 0 N–H and O–H groups in total. The number of hydrogen-bond donors (Lipinski definition) is 0. The fourth-order valence-corrected chi connectivity index (χ4v) is 8.68. The van der Waals surface area contributed by atoms with Gasteiger partial charge in [0.25, 0.3) is 0 Å². The molecule has 0 aliphatic heterocycles. The first kappa shape index (κ1) is 35.4. The molecule has 0 aliphatic carbocycles. The van der Waals surface area contributed by atoms with E-state index in [2.05, 4.69) is 163 Å². The Morgan fingerprint density at radius 2 is 1.02 bits per heavy atom. The summed E-state index contributed by atoms with van der Waals surface area (Å²) in [5, 5.41) is 10.1. The molecule has 1 radical (unpaired) electrons. The van der Waals surface area contributed by atoms with E-state index < -0.39 is 0 Å². The van der Waals surface area contributed by atoms with Crippen molar-refractivity contribution >= 4 is 63.8 Å². The molecule has 3 aromatic heterocycles. The number of rotatable bonds is 4. The fraction of sp³-hybridized carbons (Fsp3) is 0. The summed E-state index contributed by atoms with van der Waals surface area (Å²) in [4.78, 5) is 9.29. The zero-order valence-electron chi connectivity index (χ0n) is 30.1. The van der Waals surface area contributed by atoms with Gasteiger partial charge in [0, 0.05) is 37.2 Å². The molecule has 56 heavy (non-hydrogen) atoms. The number of hydrogen-bond acceptors (Lipinski definition) is 3. The van der Waals surface area contributed by atoms with Crippen molar-refractivity contribution in [2.75, 3.05) is 0 Å². The molecule has 3 heterocycles. The quantitative estimate of drug-likeness (QED) is 0.130. The van der Waals surface area contributed by atoms with Crippen LogP contribution in [0.2, 0.25) is 0 Å². The molecule has 0 spiro atoms. The molecule has 11 rings (SSSR count). The third-order valence-corrected chi connectivity index (χ3v) is 11.4. The molecule has 8 aromatic carbocycles. The Morgan fingerprint density at radius 3 is 1.82 bits per heavy atom. The van der Waals surface area contributed by atoms with Gasteiger partial charge in [-0.2, -0.15) is 11.3 Å². The molecule has 0 saturated heterocycles. The van der Waals surface area contributed by atoms with Crippen molar-refractivity contribution in [1.82, 2.24) is 9.97 Å². The first-order valence-electron chi connectivity index (χ1n) is 18.4. The molecule has 2 nitrogen and oxygen atoms in total. The van der Waals surface area contributed by atoms with Crippen LogP contribution in [0.15, 0.2) is 194 Å². The third kappa shape index (κ3) is 6.69. The number of benzene rings is 8. The maximum Gasteiger partial charge on any atom is 0.0246 e. The predicted molar refractivity (Wildman–Crippen MR) is 233 cm³/mol. The van der Waals surface area contributed by atoms with Crippen LogP contribution in [0.5, 0.6) is 0 Å². The van der Waals surface area contributed by atoms with Crippen LogP contribution in [0.1, 0.15) is 0 Å². The Labute approximate surface area is 343 Å². The number of aromatic nitrogens is 2. The smallest absolute Gasteiger partial charge is 0.0246 e. The number of nitrogens with zero attached hydrogens (tertiary/aromatic N) is 2. The van der Waals surface area contributed by atoms with E-state index in [9.17, 15) is 0 Å². The molecule has 0 fully saturated rings.